The summed E-state index contributed by atoms with van der Waals surface area (Å²) < 4.78 is 5.01. The van der Waals surface area contributed by atoms with Crippen molar-refractivity contribution in [2.24, 2.45) is 0 Å². The monoisotopic (exact) mass is 692 g/mol. The first-order chi connectivity index (χ1) is 24.2. The van der Waals surface area contributed by atoms with Crippen molar-refractivity contribution in [3.8, 4) is 28.5 Å². The van der Waals surface area contributed by atoms with Crippen LogP contribution in [0.25, 0.3) is 39.1 Å². The third-order valence-corrected chi connectivity index (χ3v) is 10.5. The summed E-state index contributed by atoms with van der Waals surface area (Å²) in [6.45, 7) is 6.58. The lowest BCUT2D eigenvalue weighted by molar-refractivity contribution is -0.132. The summed E-state index contributed by atoms with van der Waals surface area (Å²) in [4.78, 5) is 39.8. The number of hydrogen-bond acceptors (Lipinski definition) is 10. The summed E-state index contributed by atoms with van der Waals surface area (Å²) in [5.74, 6) is 1.41. The van der Waals surface area contributed by atoms with E-state index in [0.29, 0.717) is 50.0 Å². The van der Waals surface area contributed by atoms with Crippen LogP contribution in [0.3, 0.4) is 0 Å². The van der Waals surface area contributed by atoms with Crippen LogP contribution >= 0.6 is 11.8 Å². The Morgan fingerprint density at radius 1 is 1.04 bits per heavy atom. The molecule has 1 saturated heterocycles. The normalized spacial score (nSPS) is 18.1. The highest BCUT2D eigenvalue weighted by Crippen LogP contribution is 2.36. The summed E-state index contributed by atoms with van der Waals surface area (Å²) in [6.07, 6.45) is 7.29. The minimum absolute atomic E-state index is 0.0353. The second kappa shape index (κ2) is 14.0. The highest BCUT2D eigenvalue weighted by molar-refractivity contribution is 8.00. The number of amides is 2. The van der Waals surface area contributed by atoms with E-state index in [2.05, 4.69) is 46.7 Å². The summed E-state index contributed by atoms with van der Waals surface area (Å²) in [7, 11) is 0. The molecule has 14 heteroatoms. The quantitative estimate of drug-likeness (QED) is 0.159. The average molecular weight is 693 g/mol. The number of nitrogens with two attached hydrogens (primary N) is 1. The van der Waals surface area contributed by atoms with Crippen molar-refractivity contribution in [3.63, 3.8) is 0 Å². The number of carbonyl (C=O) groups excluding carboxylic acids is 2. The van der Waals surface area contributed by atoms with Crippen molar-refractivity contribution >= 4 is 51.7 Å². The molecule has 2 aromatic carbocycles. The largest absolute Gasteiger partial charge is 0.475 e. The van der Waals surface area contributed by atoms with E-state index < -0.39 is 4.75 Å². The Kier molecular flexibility index (Phi) is 9.29. The second-order valence-electron chi connectivity index (χ2n) is 12.9. The number of anilines is 2. The molecule has 7 rings (SSSR count). The van der Waals surface area contributed by atoms with Crippen molar-refractivity contribution in [1.82, 2.24) is 40.2 Å². The second-order valence-corrected chi connectivity index (χ2v) is 14.1. The maximum atomic E-state index is 13.8. The van der Waals surface area contributed by atoms with E-state index in [9.17, 15) is 9.59 Å². The molecule has 50 heavy (non-hydrogen) atoms. The molecule has 0 radical (unpaired) electrons. The van der Waals surface area contributed by atoms with Crippen LogP contribution in [0, 0.1) is 0 Å². The number of thioether (sulfide) groups is 1. The minimum atomic E-state index is -0.664. The Morgan fingerprint density at radius 3 is 2.52 bits per heavy atom. The molecule has 1 fully saturated rings. The Hall–Kier alpha value is -5.21. The fraction of sp³-hybridized carbons (Fsp3) is 0.333. The molecule has 0 bridgehead atoms. The van der Waals surface area contributed by atoms with Crippen LogP contribution in [-0.2, 0) is 9.59 Å². The zero-order chi connectivity index (χ0) is 34.8. The van der Waals surface area contributed by atoms with Gasteiger partial charge in [0.1, 0.15) is 10.4 Å². The van der Waals surface area contributed by atoms with E-state index in [1.54, 1.807) is 18.0 Å². The molecule has 5 N–H and O–H groups in total. The lowest BCUT2D eigenvalue weighted by atomic mass is 9.98. The maximum absolute atomic E-state index is 13.8. The maximum Gasteiger partial charge on any atom is 0.241 e. The number of likely N-dealkylation sites (tertiary alicyclic amines) is 1. The zero-order valence-corrected chi connectivity index (χ0v) is 29.1. The van der Waals surface area contributed by atoms with Gasteiger partial charge in [0.25, 0.3) is 0 Å². The molecule has 2 aliphatic rings. The predicted octanol–water partition coefficient (Wildman–Crippen LogP) is 4.84. The molecular weight excluding hydrogens is 653 g/mol. The first kappa shape index (κ1) is 33.3. The van der Waals surface area contributed by atoms with E-state index >= 15 is 0 Å². The molecule has 0 aliphatic carbocycles. The number of hydrogen-bond donors (Lipinski definition) is 4. The third-order valence-electron chi connectivity index (χ3n) is 9.24. The number of aromatic nitrogens is 6. The van der Waals surface area contributed by atoms with Crippen LogP contribution in [0.2, 0.25) is 0 Å². The Balaban J connectivity index is 0.955. The number of benzene rings is 2. The number of fused-ring (bicyclic) bond motifs is 1. The number of nitrogens with one attached hydrogen (secondary N) is 3. The number of pyridine rings is 1. The van der Waals surface area contributed by atoms with Crippen molar-refractivity contribution in [1.29, 1.82) is 0 Å². The van der Waals surface area contributed by atoms with Crippen molar-refractivity contribution in [2.45, 2.75) is 37.5 Å². The first-order valence-electron chi connectivity index (χ1n) is 16.7. The van der Waals surface area contributed by atoms with Crippen LogP contribution < -0.4 is 15.8 Å². The molecule has 1 atom stereocenters. The number of carbonyl (C=O) groups is 2. The van der Waals surface area contributed by atoms with Crippen LogP contribution in [0.5, 0.6) is 5.88 Å². The molecule has 3 aromatic heterocycles. The van der Waals surface area contributed by atoms with Gasteiger partial charge < -0.3 is 20.7 Å². The molecule has 5 aromatic rings. The molecule has 5 heterocycles. The van der Waals surface area contributed by atoms with Crippen molar-refractivity contribution < 1.29 is 14.3 Å². The van der Waals surface area contributed by atoms with E-state index in [-0.39, 0.29) is 30.4 Å². The molecule has 0 saturated carbocycles. The van der Waals surface area contributed by atoms with Crippen LogP contribution in [0.15, 0.2) is 66.9 Å². The highest BCUT2D eigenvalue weighted by atomic mass is 32.2. The molecule has 0 spiro atoms. The molecule has 2 aliphatic heterocycles. The summed E-state index contributed by atoms with van der Waals surface area (Å²) in [6, 6.07) is 17.6. The van der Waals surface area contributed by atoms with Gasteiger partial charge >= 0.3 is 0 Å². The van der Waals surface area contributed by atoms with E-state index in [1.807, 2.05) is 79.6 Å². The molecule has 0 unspecified atom stereocenters. The van der Waals surface area contributed by atoms with Crippen molar-refractivity contribution in [2.75, 3.05) is 50.0 Å². The van der Waals surface area contributed by atoms with Gasteiger partial charge in [-0.1, -0.05) is 30.3 Å². The summed E-state index contributed by atoms with van der Waals surface area (Å²) >= 11 is 1.54. The lowest BCUT2D eigenvalue weighted by Crippen LogP contribution is -2.45. The fourth-order valence-corrected chi connectivity index (χ4v) is 7.36. The van der Waals surface area contributed by atoms with Gasteiger partial charge in [-0.05, 0) is 68.3 Å². The van der Waals surface area contributed by atoms with Crippen LogP contribution in [0.4, 0.5) is 11.6 Å². The van der Waals surface area contributed by atoms with Gasteiger partial charge in [-0.25, -0.2) is 10.1 Å². The topological polar surface area (TPSA) is 171 Å². The number of aromatic amines is 2. The number of H-pyrrole nitrogens is 2. The summed E-state index contributed by atoms with van der Waals surface area (Å²) in [5.41, 5.74) is 12.0. The lowest BCUT2D eigenvalue weighted by Gasteiger charge is -2.29. The Labute approximate surface area is 294 Å². The van der Waals surface area contributed by atoms with Crippen LogP contribution in [-0.4, -0.2) is 102 Å². The van der Waals surface area contributed by atoms with Gasteiger partial charge in [0, 0.05) is 60.6 Å². The minimum Gasteiger partial charge on any atom is -0.475 e. The van der Waals surface area contributed by atoms with Gasteiger partial charge in [0.15, 0.2) is 5.82 Å². The average Bonchev–Trinajstić information content (AvgIpc) is 3.87. The standard InChI is InChI=1S/C36H40N10O3S/c1-22(2)49-30-11-8-26(19-38-30)32-28-18-27(9-10-29(28)41-42-32)39-34(48)36(50-3)14-17-45(21-36)20-31(47)46-15-12-24(13-16-46)23-4-6-25(7-5-23)33-40-35(37)44-43-33/h4-12,18-19,22H,13-17,20-21H2,1-3H3,(H,39,48)(H,41,42)(H3,37,40,43,44)/t36-/m0/s1. The van der Waals surface area contributed by atoms with Gasteiger partial charge in [-0.2, -0.15) is 15.2 Å². The Bertz CT molecular complexity index is 2040. The number of rotatable bonds is 10. The smallest absolute Gasteiger partial charge is 0.241 e. The fourth-order valence-electron chi connectivity index (χ4n) is 6.51. The van der Waals surface area contributed by atoms with Gasteiger partial charge in [0.05, 0.1) is 18.2 Å². The molecule has 2 amide bonds. The highest BCUT2D eigenvalue weighted by Gasteiger charge is 2.44. The molecule has 258 valence electrons. The van der Waals surface area contributed by atoms with E-state index in [0.717, 1.165) is 39.7 Å². The number of nitrogen functional groups attached to an aromatic ring is 1. The SMILES string of the molecule is CS[C@@]1(C(=O)Nc2ccc3[nH]nc(-c4ccc(OC(C)C)nc4)c3c2)CCN(CC(=O)N2CC=C(c3ccc(-c4n[nH]c(N)n4)cc3)CC2)C1. The van der Waals surface area contributed by atoms with Gasteiger partial charge in [0.2, 0.25) is 23.6 Å². The number of ether oxygens (including phenoxy) is 1. The van der Waals surface area contributed by atoms with Gasteiger partial charge in [-0.3, -0.25) is 19.6 Å². The van der Waals surface area contributed by atoms with E-state index in [1.165, 1.54) is 5.57 Å². The third kappa shape index (κ3) is 6.94. The predicted molar refractivity (Wildman–Crippen MR) is 196 cm³/mol. The Morgan fingerprint density at radius 2 is 1.84 bits per heavy atom. The van der Waals surface area contributed by atoms with Crippen LogP contribution in [0.1, 0.15) is 32.3 Å². The zero-order valence-electron chi connectivity index (χ0n) is 28.3. The number of nitrogens with zero attached hydrogens (tertiary/aromatic N) is 6. The molecular formula is C36H40N10O3S. The molecule has 13 nitrogen and oxygen atoms in total. The van der Waals surface area contributed by atoms with Gasteiger partial charge in [-0.15, -0.1) is 11.8 Å². The van der Waals surface area contributed by atoms with E-state index in [4.69, 9.17) is 10.5 Å². The first-order valence-corrected chi connectivity index (χ1v) is 17.9. The van der Waals surface area contributed by atoms with Crippen molar-refractivity contribution in [3.05, 3.63) is 72.4 Å². The summed E-state index contributed by atoms with van der Waals surface area (Å²) in [5, 5.41) is 18.4.